The number of rotatable bonds is 10. The lowest BCUT2D eigenvalue weighted by Crippen LogP contribution is -2.24. The number of esters is 2. The molecule has 0 aliphatic rings. The molecule has 36 heavy (non-hydrogen) atoms. The van der Waals surface area contributed by atoms with Crippen molar-refractivity contribution in [1.82, 2.24) is 0 Å². The van der Waals surface area contributed by atoms with Crippen molar-refractivity contribution >= 4 is 23.4 Å². The quantitative estimate of drug-likeness (QED) is 0.243. The van der Waals surface area contributed by atoms with Crippen molar-refractivity contribution in [3.05, 3.63) is 71.8 Å². The Morgan fingerprint density at radius 2 is 0.944 bits per heavy atom. The van der Waals surface area contributed by atoms with Gasteiger partial charge in [0.25, 0.3) is 0 Å². The van der Waals surface area contributed by atoms with Gasteiger partial charge in [0.05, 0.1) is 14.2 Å². The van der Waals surface area contributed by atoms with Crippen LogP contribution >= 0.6 is 0 Å². The molecule has 0 aromatic heterocycles. The molecule has 2 aromatic rings. The van der Waals surface area contributed by atoms with Crippen LogP contribution in [0.1, 0.15) is 65.5 Å². The van der Waals surface area contributed by atoms with Crippen LogP contribution in [0.15, 0.2) is 71.0 Å². The second kappa shape index (κ2) is 14.7. The fourth-order valence-corrected chi connectivity index (χ4v) is 2.27. The van der Waals surface area contributed by atoms with E-state index in [9.17, 15) is 9.59 Å². The Morgan fingerprint density at radius 1 is 0.639 bits per heavy atom. The third-order valence-corrected chi connectivity index (χ3v) is 5.32. The molecule has 0 aliphatic carbocycles. The van der Waals surface area contributed by atoms with Crippen molar-refractivity contribution < 1.29 is 28.7 Å². The van der Waals surface area contributed by atoms with Crippen LogP contribution in [-0.4, -0.2) is 48.8 Å². The van der Waals surface area contributed by atoms with Crippen LogP contribution < -0.4 is 0 Å². The standard InChI is InChI=1S/2C14H19NO3/c2*1-5-14(2,3)18-15-12(13(16)17-4)11-9-7-6-8-10-11/h2*6-10H,5H2,1-4H3/b15-12+;15-12-. The molecular formula is C28H38N2O6. The maximum Gasteiger partial charge on any atom is 0.360 e. The molecule has 2 rings (SSSR count). The average molecular weight is 499 g/mol. The van der Waals surface area contributed by atoms with Gasteiger partial charge in [-0.2, -0.15) is 0 Å². The molecule has 0 amide bonds. The normalized spacial score (nSPS) is 12.1. The highest BCUT2D eigenvalue weighted by Gasteiger charge is 2.21. The first-order valence-corrected chi connectivity index (χ1v) is 11.8. The van der Waals surface area contributed by atoms with Crippen LogP contribution in [0.2, 0.25) is 0 Å². The number of benzene rings is 2. The minimum Gasteiger partial charge on any atom is -0.464 e. The Bertz CT molecular complexity index is 931. The number of nitrogens with zero attached hydrogens (tertiary/aromatic N) is 2. The lowest BCUT2D eigenvalue weighted by atomic mass is 10.1. The molecule has 0 atom stereocenters. The first kappa shape index (κ1) is 30.4. The number of ether oxygens (including phenoxy) is 2. The van der Waals surface area contributed by atoms with Crippen LogP contribution in [0.5, 0.6) is 0 Å². The molecule has 0 spiro atoms. The Morgan fingerprint density at radius 3 is 1.19 bits per heavy atom. The second-order valence-electron chi connectivity index (χ2n) is 9.00. The fourth-order valence-electron chi connectivity index (χ4n) is 2.27. The predicted octanol–water partition coefficient (Wildman–Crippen LogP) is 5.54. The van der Waals surface area contributed by atoms with E-state index in [2.05, 4.69) is 10.3 Å². The summed E-state index contributed by atoms with van der Waals surface area (Å²) in [6, 6.07) is 18.2. The summed E-state index contributed by atoms with van der Waals surface area (Å²) in [7, 11) is 2.65. The molecule has 0 saturated heterocycles. The van der Waals surface area contributed by atoms with Crippen LogP contribution in [0.3, 0.4) is 0 Å². The summed E-state index contributed by atoms with van der Waals surface area (Å²) < 4.78 is 9.43. The highest BCUT2D eigenvalue weighted by molar-refractivity contribution is 6.43. The second-order valence-corrected chi connectivity index (χ2v) is 9.00. The van der Waals surface area contributed by atoms with Gasteiger partial charge in [-0.1, -0.05) is 84.8 Å². The van der Waals surface area contributed by atoms with Gasteiger partial charge in [0.2, 0.25) is 0 Å². The monoisotopic (exact) mass is 498 g/mol. The van der Waals surface area contributed by atoms with Gasteiger partial charge in [0.1, 0.15) is 11.2 Å². The van der Waals surface area contributed by atoms with E-state index in [1.807, 2.05) is 77.9 Å². The van der Waals surface area contributed by atoms with E-state index in [1.54, 1.807) is 24.3 Å². The van der Waals surface area contributed by atoms with E-state index in [0.717, 1.165) is 12.8 Å². The number of methoxy groups -OCH3 is 2. The number of carbonyl (C=O) groups is 2. The summed E-state index contributed by atoms with van der Waals surface area (Å²) in [5.41, 5.74) is 0.897. The van der Waals surface area contributed by atoms with Gasteiger partial charge in [-0.05, 0) is 40.5 Å². The first-order chi connectivity index (χ1) is 17.0. The molecule has 0 heterocycles. The zero-order valence-electron chi connectivity index (χ0n) is 22.5. The van der Waals surface area contributed by atoms with Gasteiger partial charge < -0.3 is 19.1 Å². The van der Waals surface area contributed by atoms with Gasteiger partial charge in [-0.3, -0.25) is 0 Å². The van der Waals surface area contributed by atoms with E-state index in [1.165, 1.54) is 14.2 Å². The first-order valence-electron chi connectivity index (χ1n) is 11.8. The van der Waals surface area contributed by atoms with Crippen molar-refractivity contribution in [2.24, 2.45) is 10.3 Å². The van der Waals surface area contributed by atoms with Crippen molar-refractivity contribution in [3.8, 4) is 0 Å². The molecule has 0 unspecified atom stereocenters. The lowest BCUT2D eigenvalue weighted by molar-refractivity contribution is -0.134. The van der Waals surface area contributed by atoms with E-state index in [0.29, 0.717) is 11.1 Å². The van der Waals surface area contributed by atoms with E-state index >= 15 is 0 Å². The van der Waals surface area contributed by atoms with Crippen molar-refractivity contribution in [3.63, 3.8) is 0 Å². The zero-order valence-corrected chi connectivity index (χ0v) is 22.5. The summed E-state index contributed by atoms with van der Waals surface area (Å²) in [5.74, 6) is -1.01. The van der Waals surface area contributed by atoms with Crippen LogP contribution in [0.4, 0.5) is 0 Å². The fraction of sp³-hybridized carbons (Fsp3) is 0.429. The summed E-state index contributed by atoms with van der Waals surface area (Å²) in [4.78, 5) is 34.2. The highest BCUT2D eigenvalue weighted by atomic mass is 16.7. The van der Waals surface area contributed by atoms with E-state index in [-0.39, 0.29) is 11.4 Å². The molecule has 8 nitrogen and oxygen atoms in total. The molecule has 0 fully saturated rings. The Hall–Kier alpha value is -3.68. The third-order valence-electron chi connectivity index (χ3n) is 5.32. The number of hydrogen-bond donors (Lipinski definition) is 0. The molecule has 0 N–H and O–H groups in total. The SMILES string of the molecule is CCC(C)(C)O/N=C(/C(=O)OC)c1ccccc1.CCC(C)(C)O/N=C(\C(=O)OC)c1ccccc1. The molecule has 0 saturated carbocycles. The average Bonchev–Trinajstić information content (AvgIpc) is 2.90. The van der Waals surface area contributed by atoms with E-state index in [4.69, 9.17) is 19.1 Å². The molecule has 0 bridgehead atoms. The van der Waals surface area contributed by atoms with Gasteiger partial charge in [0.15, 0.2) is 11.4 Å². The minimum atomic E-state index is -0.506. The van der Waals surface area contributed by atoms with Gasteiger partial charge in [0, 0.05) is 11.1 Å². The summed E-state index contributed by atoms with van der Waals surface area (Å²) >= 11 is 0. The maximum atomic E-state index is 11.7. The summed E-state index contributed by atoms with van der Waals surface area (Å²) in [5, 5.41) is 7.90. The number of carbonyl (C=O) groups excluding carboxylic acids is 2. The topological polar surface area (TPSA) is 95.8 Å². The Labute approximate surface area is 214 Å². The molecule has 0 aliphatic heterocycles. The number of oxime groups is 2. The van der Waals surface area contributed by atoms with Gasteiger partial charge in [-0.15, -0.1) is 0 Å². The molecule has 196 valence electrons. The molecule has 0 radical (unpaired) electrons. The molecular weight excluding hydrogens is 460 g/mol. The molecule has 8 heteroatoms. The smallest absolute Gasteiger partial charge is 0.360 e. The van der Waals surface area contributed by atoms with Crippen molar-refractivity contribution in [2.45, 2.75) is 65.6 Å². The van der Waals surface area contributed by atoms with Crippen LogP contribution in [-0.2, 0) is 28.7 Å². The van der Waals surface area contributed by atoms with Gasteiger partial charge >= 0.3 is 11.9 Å². The van der Waals surface area contributed by atoms with E-state index < -0.39 is 23.1 Å². The van der Waals surface area contributed by atoms with Crippen molar-refractivity contribution in [2.75, 3.05) is 14.2 Å². The highest BCUT2D eigenvalue weighted by Crippen LogP contribution is 2.16. The number of hydrogen-bond acceptors (Lipinski definition) is 8. The lowest BCUT2D eigenvalue weighted by Gasteiger charge is -2.20. The largest absolute Gasteiger partial charge is 0.464 e. The zero-order chi connectivity index (χ0) is 27.2. The van der Waals surface area contributed by atoms with Crippen LogP contribution in [0.25, 0.3) is 0 Å². The molecule has 2 aromatic carbocycles. The minimum absolute atomic E-state index is 0.180. The Kier molecular flexibility index (Phi) is 12.4. The maximum absolute atomic E-state index is 11.7. The Balaban J connectivity index is 0.000000360. The summed E-state index contributed by atoms with van der Waals surface area (Å²) in [6.07, 6.45) is 1.58. The predicted molar refractivity (Wildman–Crippen MR) is 141 cm³/mol. The van der Waals surface area contributed by atoms with Gasteiger partial charge in [-0.25, -0.2) is 9.59 Å². The van der Waals surface area contributed by atoms with Crippen molar-refractivity contribution in [1.29, 1.82) is 0 Å². The third kappa shape index (κ3) is 10.3. The van der Waals surface area contributed by atoms with Crippen LogP contribution in [0, 0.1) is 0 Å². The summed E-state index contributed by atoms with van der Waals surface area (Å²) in [6.45, 7) is 11.6.